The van der Waals surface area contributed by atoms with Gasteiger partial charge >= 0.3 is 0 Å². The normalized spacial score (nSPS) is 14.0. The highest BCUT2D eigenvalue weighted by atomic mass is 79.9. The lowest BCUT2D eigenvalue weighted by molar-refractivity contribution is 0.264. The number of halogens is 1. The fourth-order valence-electron chi connectivity index (χ4n) is 4.03. The summed E-state index contributed by atoms with van der Waals surface area (Å²) < 4.78 is 13.6. The second-order valence-electron chi connectivity index (χ2n) is 7.37. The van der Waals surface area contributed by atoms with E-state index in [4.69, 9.17) is 9.47 Å². The predicted molar refractivity (Wildman–Crippen MR) is 123 cm³/mol. The average molecular weight is 431 g/mol. The van der Waals surface area contributed by atoms with Crippen LogP contribution in [0.3, 0.4) is 0 Å². The SMILES string of the molecule is Bc1ccc2c3c(ccc2c1)OCCCCOc1ccc2cc(Br)ccc2c1-3. The van der Waals surface area contributed by atoms with E-state index in [2.05, 4.69) is 84.4 Å². The van der Waals surface area contributed by atoms with Crippen LogP contribution in [0.1, 0.15) is 12.8 Å². The van der Waals surface area contributed by atoms with E-state index in [1.807, 2.05) is 0 Å². The molecule has 1 aliphatic rings. The minimum Gasteiger partial charge on any atom is -0.493 e. The topological polar surface area (TPSA) is 18.5 Å². The molecule has 4 heteroatoms. The summed E-state index contributed by atoms with van der Waals surface area (Å²) in [5.41, 5.74) is 3.50. The van der Waals surface area contributed by atoms with Crippen LogP contribution < -0.4 is 14.9 Å². The highest BCUT2D eigenvalue weighted by Crippen LogP contribution is 2.46. The van der Waals surface area contributed by atoms with E-state index in [0.717, 1.165) is 39.9 Å². The predicted octanol–water partition coefficient (Wildman–Crippen LogP) is 5.23. The Morgan fingerprint density at radius 3 is 1.89 bits per heavy atom. The van der Waals surface area contributed by atoms with Crippen molar-refractivity contribution >= 4 is 50.8 Å². The molecule has 1 aliphatic heterocycles. The summed E-state index contributed by atoms with van der Waals surface area (Å²) in [7, 11) is 2.13. The minimum absolute atomic E-state index is 0.706. The highest BCUT2D eigenvalue weighted by molar-refractivity contribution is 9.10. The van der Waals surface area contributed by atoms with Gasteiger partial charge in [0.1, 0.15) is 19.3 Å². The van der Waals surface area contributed by atoms with E-state index in [-0.39, 0.29) is 0 Å². The fourth-order valence-corrected chi connectivity index (χ4v) is 4.41. The maximum atomic E-state index is 6.27. The molecular formula is C24H20BBrO2. The molecular weight excluding hydrogens is 411 g/mol. The van der Waals surface area contributed by atoms with Gasteiger partial charge in [-0.25, -0.2) is 0 Å². The van der Waals surface area contributed by atoms with Crippen molar-refractivity contribution in [3.63, 3.8) is 0 Å². The Kier molecular flexibility index (Phi) is 4.52. The summed E-state index contributed by atoms with van der Waals surface area (Å²) in [6.07, 6.45) is 1.97. The van der Waals surface area contributed by atoms with Gasteiger partial charge in [-0.05, 0) is 58.7 Å². The summed E-state index contributed by atoms with van der Waals surface area (Å²) in [5, 5.41) is 4.78. The lowest BCUT2D eigenvalue weighted by Gasteiger charge is -2.21. The summed E-state index contributed by atoms with van der Waals surface area (Å²) in [5.74, 6) is 1.85. The average Bonchev–Trinajstić information content (AvgIpc) is 2.70. The lowest BCUT2D eigenvalue weighted by Crippen LogP contribution is -2.07. The Bertz CT molecular complexity index is 1110. The van der Waals surface area contributed by atoms with Crippen LogP contribution in [0.2, 0.25) is 0 Å². The molecule has 0 N–H and O–H groups in total. The van der Waals surface area contributed by atoms with E-state index in [9.17, 15) is 0 Å². The molecule has 0 fully saturated rings. The Morgan fingerprint density at radius 2 is 1.25 bits per heavy atom. The molecule has 1 heterocycles. The summed E-state index contributed by atoms with van der Waals surface area (Å²) in [4.78, 5) is 0. The number of rotatable bonds is 0. The van der Waals surface area contributed by atoms with Gasteiger partial charge in [0.05, 0.1) is 13.2 Å². The van der Waals surface area contributed by atoms with Crippen molar-refractivity contribution in [1.82, 2.24) is 0 Å². The van der Waals surface area contributed by atoms with Gasteiger partial charge in [-0.15, -0.1) is 0 Å². The third-order valence-corrected chi connectivity index (χ3v) is 5.88. The molecule has 0 atom stereocenters. The molecule has 0 aliphatic carbocycles. The molecule has 0 unspecified atom stereocenters. The second kappa shape index (κ2) is 7.18. The first-order chi connectivity index (χ1) is 13.7. The van der Waals surface area contributed by atoms with Gasteiger partial charge in [-0.1, -0.05) is 57.8 Å². The Labute approximate surface area is 174 Å². The number of benzene rings is 4. The summed E-state index contributed by atoms with van der Waals surface area (Å²) in [6.45, 7) is 1.41. The van der Waals surface area contributed by atoms with Gasteiger partial charge < -0.3 is 9.47 Å². The molecule has 5 rings (SSSR count). The third kappa shape index (κ3) is 3.06. The van der Waals surface area contributed by atoms with Crippen molar-refractivity contribution in [1.29, 1.82) is 0 Å². The van der Waals surface area contributed by atoms with Gasteiger partial charge in [0.15, 0.2) is 0 Å². The van der Waals surface area contributed by atoms with E-state index >= 15 is 0 Å². The van der Waals surface area contributed by atoms with Crippen molar-refractivity contribution in [2.45, 2.75) is 12.8 Å². The first kappa shape index (κ1) is 17.6. The smallest absolute Gasteiger partial charge is 0.139 e. The van der Waals surface area contributed by atoms with Crippen LogP contribution in [-0.2, 0) is 0 Å². The van der Waals surface area contributed by atoms with E-state index < -0.39 is 0 Å². The van der Waals surface area contributed by atoms with Crippen LogP contribution >= 0.6 is 15.9 Å². The molecule has 0 aromatic heterocycles. The number of fused-ring (bicyclic) bond motifs is 7. The molecule has 4 aromatic rings. The minimum atomic E-state index is 0.706. The molecule has 138 valence electrons. The van der Waals surface area contributed by atoms with Crippen LogP contribution in [0.4, 0.5) is 0 Å². The Morgan fingerprint density at radius 1 is 0.679 bits per heavy atom. The number of hydrogen-bond acceptors (Lipinski definition) is 2. The van der Waals surface area contributed by atoms with Crippen molar-refractivity contribution in [2.24, 2.45) is 0 Å². The largest absolute Gasteiger partial charge is 0.493 e. The first-order valence-electron chi connectivity index (χ1n) is 9.72. The molecule has 0 amide bonds. The van der Waals surface area contributed by atoms with Crippen molar-refractivity contribution in [2.75, 3.05) is 13.2 Å². The van der Waals surface area contributed by atoms with Gasteiger partial charge in [-0.2, -0.15) is 0 Å². The van der Waals surface area contributed by atoms with Gasteiger partial charge in [-0.3, -0.25) is 0 Å². The molecule has 0 saturated heterocycles. The molecule has 0 spiro atoms. The highest BCUT2D eigenvalue weighted by Gasteiger charge is 2.20. The van der Waals surface area contributed by atoms with E-state index in [1.54, 1.807) is 0 Å². The molecule has 0 radical (unpaired) electrons. The van der Waals surface area contributed by atoms with Gasteiger partial charge in [0.2, 0.25) is 0 Å². The summed E-state index contributed by atoms with van der Waals surface area (Å²) in [6, 6.07) is 21.5. The maximum absolute atomic E-state index is 6.27. The second-order valence-corrected chi connectivity index (χ2v) is 8.29. The zero-order valence-electron chi connectivity index (χ0n) is 15.8. The number of ether oxygens (including phenoxy) is 2. The van der Waals surface area contributed by atoms with Crippen LogP contribution in [0.5, 0.6) is 11.5 Å². The zero-order valence-corrected chi connectivity index (χ0v) is 17.4. The molecule has 0 saturated carbocycles. The zero-order chi connectivity index (χ0) is 19.1. The van der Waals surface area contributed by atoms with Crippen LogP contribution in [0.15, 0.2) is 65.1 Å². The van der Waals surface area contributed by atoms with Crippen molar-refractivity contribution in [3.8, 4) is 22.6 Å². The van der Waals surface area contributed by atoms with Gasteiger partial charge in [0.25, 0.3) is 0 Å². The number of hydrogen-bond donors (Lipinski definition) is 0. The summed E-state index contributed by atoms with van der Waals surface area (Å²) >= 11 is 3.60. The fraction of sp³-hybridized carbons (Fsp3) is 0.167. The monoisotopic (exact) mass is 430 g/mol. The molecule has 2 nitrogen and oxygen atoms in total. The van der Waals surface area contributed by atoms with Crippen LogP contribution in [-0.4, -0.2) is 21.1 Å². The van der Waals surface area contributed by atoms with Crippen molar-refractivity contribution in [3.05, 3.63) is 65.1 Å². The lowest BCUT2D eigenvalue weighted by atomic mass is 9.88. The molecule has 4 aromatic carbocycles. The van der Waals surface area contributed by atoms with E-state index in [1.165, 1.54) is 27.0 Å². The quantitative estimate of drug-likeness (QED) is 0.355. The Balaban J connectivity index is 1.92. The maximum Gasteiger partial charge on any atom is 0.139 e. The van der Waals surface area contributed by atoms with Gasteiger partial charge in [0, 0.05) is 15.6 Å². The molecule has 0 bridgehead atoms. The van der Waals surface area contributed by atoms with Crippen molar-refractivity contribution < 1.29 is 9.47 Å². The molecule has 28 heavy (non-hydrogen) atoms. The van der Waals surface area contributed by atoms with E-state index in [0.29, 0.717) is 13.2 Å². The van der Waals surface area contributed by atoms with Crippen LogP contribution in [0, 0.1) is 0 Å². The van der Waals surface area contributed by atoms with Crippen LogP contribution in [0.25, 0.3) is 32.7 Å². The first-order valence-corrected chi connectivity index (χ1v) is 10.5. The Hall–Kier alpha value is -2.46. The third-order valence-electron chi connectivity index (χ3n) is 5.38. The standard InChI is InChI=1S/C24H20BBrO2/c25-17-5-7-19-15(13-17)3-9-21-23(19)24-20-8-6-18(26)14-16(20)4-10-22(24)28-12-2-1-11-27-21/h3-10,13-14H,1-2,11-12,25H2.